The smallest absolute Gasteiger partial charge is 0.252 e. The zero-order valence-corrected chi connectivity index (χ0v) is 13.0. The molecule has 0 unspecified atom stereocenters. The number of rotatable bonds is 5. The van der Waals surface area contributed by atoms with Gasteiger partial charge >= 0.3 is 0 Å². The second-order valence-electron chi connectivity index (χ2n) is 5.09. The Morgan fingerprint density at radius 3 is 2.78 bits per heavy atom. The van der Waals surface area contributed by atoms with Gasteiger partial charge in [0.25, 0.3) is 5.91 Å². The third-order valence-corrected chi connectivity index (χ3v) is 4.43. The standard InChI is InChI=1S/C14H18BrNOS/c1-2-5-14(6-7-14)9-16-13(17)11-4-3-10(15)8-12(11)18/h3-4,8,18H,2,5-7,9H2,1H3,(H,16,17). The molecule has 0 radical (unpaired) electrons. The summed E-state index contributed by atoms with van der Waals surface area (Å²) in [5.74, 6) is -0.0186. The number of carbonyl (C=O) groups is 1. The molecular formula is C14H18BrNOS. The summed E-state index contributed by atoms with van der Waals surface area (Å²) in [6, 6.07) is 5.52. The second-order valence-corrected chi connectivity index (χ2v) is 6.49. The van der Waals surface area contributed by atoms with Gasteiger partial charge in [-0.2, -0.15) is 0 Å². The van der Waals surface area contributed by atoms with Crippen molar-refractivity contribution in [2.75, 3.05) is 6.54 Å². The molecule has 2 nitrogen and oxygen atoms in total. The average molecular weight is 328 g/mol. The van der Waals surface area contributed by atoms with E-state index in [1.165, 1.54) is 25.7 Å². The highest BCUT2D eigenvalue weighted by molar-refractivity contribution is 9.10. The van der Waals surface area contributed by atoms with Gasteiger partial charge in [0.05, 0.1) is 5.56 Å². The molecule has 0 aromatic heterocycles. The van der Waals surface area contributed by atoms with Gasteiger partial charge in [-0.15, -0.1) is 12.6 Å². The first-order valence-electron chi connectivity index (χ1n) is 6.33. The Labute approximate surface area is 122 Å². The summed E-state index contributed by atoms with van der Waals surface area (Å²) in [4.78, 5) is 12.8. The van der Waals surface area contributed by atoms with E-state index in [4.69, 9.17) is 0 Å². The minimum atomic E-state index is -0.0186. The third-order valence-electron chi connectivity index (χ3n) is 3.57. The molecule has 1 aromatic carbocycles. The fourth-order valence-corrected chi connectivity index (χ4v) is 3.14. The maximum absolute atomic E-state index is 12.1. The van der Waals surface area contributed by atoms with Crippen LogP contribution in [0.2, 0.25) is 0 Å². The molecule has 1 aromatic rings. The van der Waals surface area contributed by atoms with E-state index in [1.807, 2.05) is 12.1 Å². The van der Waals surface area contributed by atoms with Gasteiger partial charge in [0.1, 0.15) is 0 Å². The molecule has 0 spiro atoms. The van der Waals surface area contributed by atoms with Gasteiger partial charge in [-0.3, -0.25) is 4.79 Å². The Kier molecular flexibility index (Phi) is 4.38. The molecule has 1 saturated carbocycles. The Morgan fingerprint density at radius 1 is 1.50 bits per heavy atom. The van der Waals surface area contributed by atoms with Crippen LogP contribution in [-0.2, 0) is 0 Å². The van der Waals surface area contributed by atoms with Crippen LogP contribution in [0.1, 0.15) is 43.0 Å². The van der Waals surface area contributed by atoms with Crippen molar-refractivity contribution in [3.05, 3.63) is 28.2 Å². The van der Waals surface area contributed by atoms with E-state index in [-0.39, 0.29) is 5.91 Å². The lowest BCUT2D eigenvalue weighted by Gasteiger charge is -2.15. The SMILES string of the molecule is CCCC1(CNC(=O)c2ccc(Br)cc2S)CC1. The molecule has 18 heavy (non-hydrogen) atoms. The lowest BCUT2D eigenvalue weighted by atomic mass is 10.0. The molecule has 1 aliphatic rings. The number of hydrogen-bond donors (Lipinski definition) is 2. The van der Waals surface area contributed by atoms with Crippen LogP contribution in [0.5, 0.6) is 0 Å². The number of thiol groups is 1. The molecule has 1 fully saturated rings. The second kappa shape index (κ2) is 5.66. The molecule has 0 heterocycles. The minimum Gasteiger partial charge on any atom is -0.351 e. The molecule has 0 saturated heterocycles. The van der Waals surface area contributed by atoms with Crippen LogP contribution in [0, 0.1) is 5.41 Å². The van der Waals surface area contributed by atoms with E-state index in [2.05, 4.69) is 40.8 Å². The predicted octanol–water partition coefficient (Wildman–Crippen LogP) is 4.05. The molecule has 4 heteroatoms. The predicted molar refractivity (Wildman–Crippen MR) is 80.3 cm³/mol. The molecule has 2 rings (SSSR count). The summed E-state index contributed by atoms with van der Waals surface area (Å²) in [5, 5.41) is 3.04. The summed E-state index contributed by atoms with van der Waals surface area (Å²) >= 11 is 7.70. The van der Waals surface area contributed by atoms with Gasteiger partial charge in [0, 0.05) is 15.9 Å². The minimum absolute atomic E-state index is 0.0186. The van der Waals surface area contributed by atoms with Crippen LogP contribution in [0.4, 0.5) is 0 Å². The zero-order chi connectivity index (χ0) is 13.2. The average Bonchev–Trinajstić information content (AvgIpc) is 3.07. The van der Waals surface area contributed by atoms with Crippen LogP contribution in [-0.4, -0.2) is 12.5 Å². The van der Waals surface area contributed by atoms with E-state index >= 15 is 0 Å². The van der Waals surface area contributed by atoms with Crippen LogP contribution < -0.4 is 5.32 Å². The van der Waals surface area contributed by atoms with Crippen molar-refractivity contribution in [3.8, 4) is 0 Å². The van der Waals surface area contributed by atoms with E-state index in [1.54, 1.807) is 6.07 Å². The molecule has 98 valence electrons. The van der Waals surface area contributed by atoms with Gasteiger partial charge in [0.2, 0.25) is 0 Å². The van der Waals surface area contributed by atoms with Gasteiger partial charge in [-0.1, -0.05) is 29.3 Å². The van der Waals surface area contributed by atoms with Gasteiger partial charge in [-0.25, -0.2) is 0 Å². The fourth-order valence-electron chi connectivity index (χ4n) is 2.28. The first-order chi connectivity index (χ1) is 8.56. The van der Waals surface area contributed by atoms with E-state index in [9.17, 15) is 4.79 Å². The summed E-state index contributed by atoms with van der Waals surface area (Å²) < 4.78 is 0.939. The van der Waals surface area contributed by atoms with Crippen LogP contribution >= 0.6 is 28.6 Å². The summed E-state index contributed by atoms with van der Waals surface area (Å²) in [6.45, 7) is 2.99. The highest BCUT2D eigenvalue weighted by atomic mass is 79.9. The number of benzene rings is 1. The largest absolute Gasteiger partial charge is 0.351 e. The van der Waals surface area contributed by atoms with Gasteiger partial charge in [-0.05, 0) is 42.9 Å². The number of nitrogens with one attached hydrogen (secondary N) is 1. The molecule has 0 aliphatic heterocycles. The Morgan fingerprint density at radius 2 is 2.22 bits per heavy atom. The van der Waals surface area contributed by atoms with Crippen molar-refractivity contribution in [1.82, 2.24) is 5.32 Å². The number of carbonyl (C=O) groups excluding carboxylic acids is 1. The topological polar surface area (TPSA) is 29.1 Å². The van der Waals surface area contributed by atoms with Gasteiger partial charge in [0.15, 0.2) is 0 Å². The zero-order valence-electron chi connectivity index (χ0n) is 10.5. The molecule has 1 amide bonds. The maximum atomic E-state index is 12.1. The normalized spacial score (nSPS) is 16.4. The lowest BCUT2D eigenvalue weighted by Crippen LogP contribution is -2.30. The lowest BCUT2D eigenvalue weighted by molar-refractivity contribution is 0.0941. The highest BCUT2D eigenvalue weighted by Crippen LogP contribution is 2.48. The summed E-state index contributed by atoms with van der Waals surface area (Å²) in [5.41, 5.74) is 1.03. The van der Waals surface area contributed by atoms with Crippen molar-refractivity contribution in [2.45, 2.75) is 37.5 Å². The fraction of sp³-hybridized carbons (Fsp3) is 0.500. The molecule has 0 atom stereocenters. The third kappa shape index (κ3) is 3.29. The van der Waals surface area contributed by atoms with Crippen LogP contribution in [0.25, 0.3) is 0 Å². The van der Waals surface area contributed by atoms with E-state index < -0.39 is 0 Å². The number of hydrogen-bond acceptors (Lipinski definition) is 2. The van der Waals surface area contributed by atoms with Crippen molar-refractivity contribution in [2.24, 2.45) is 5.41 Å². The first kappa shape index (κ1) is 13.9. The van der Waals surface area contributed by atoms with Crippen molar-refractivity contribution >= 4 is 34.5 Å². The monoisotopic (exact) mass is 327 g/mol. The Balaban J connectivity index is 1.96. The van der Waals surface area contributed by atoms with Crippen LogP contribution in [0.15, 0.2) is 27.6 Å². The first-order valence-corrected chi connectivity index (χ1v) is 7.57. The molecule has 0 bridgehead atoms. The van der Waals surface area contributed by atoms with E-state index in [0.29, 0.717) is 15.9 Å². The van der Waals surface area contributed by atoms with Crippen molar-refractivity contribution in [1.29, 1.82) is 0 Å². The van der Waals surface area contributed by atoms with Crippen molar-refractivity contribution < 1.29 is 4.79 Å². The van der Waals surface area contributed by atoms with Crippen LogP contribution in [0.3, 0.4) is 0 Å². The Bertz CT molecular complexity index is 457. The molecule has 1 N–H and O–H groups in total. The Hall–Kier alpha value is -0.480. The number of amides is 1. The highest BCUT2D eigenvalue weighted by Gasteiger charge is 2.41. The quantitative estimate of drug-likeness (QED) is 0.785. The summed E-state index contributed by atoms with van der Waals surface area (Å²) in [7, 11) is 0. The molecular weight excluding hydrogens is 310 g/mol. The van der Waals surface area contributed by atoms with Gasteiger partial charge < -0.3 is 5.32 Å². The number of halogens is 1. The maximum Gasteiger partial charge on any atom is 0.252 e. The molecule has 1 aliphatic carbocycles. The summed E-state index contributed by atoms with van der Waals surface area (Å²) in [6.07, 6.45) is 4.89. The van der Waals surface area contributed by atoms with Crippen molar-refractivity contribution in [3.63, 3.8) is 0 Å². The van der Waals surface area contributed by atoms with E-state index in [0.717, 1.165) is 11.0 Å².